The molecule has 6 heteroatoms. The van der Waals surface area contributed by atoms with E-state index in [0.717, 1.165) is 34.9 Å². The fraction of sp³-hybridized carbons (Fsp3) is 0.524. The topological polar surface area (TPSA) is 62.7 Å². The van der Waals surface area contributed by atoms with E-state index in [1.807, 2.05) is 31.2 Å². The number of thiazole rings is 1. The van der Waals surface area contributed by atoms with Crippen molar-refractivity contribution in [3.63, 3.8) is 0 Å². The van der Waals surface area contributed by atoms with E-state index in [1.54, 1.807) is 11.3 Å². The van der Waals surface area contributed by atoms with Gasteiger partial charge in [-0.05, 0) is 56.4 Å². The lowest BCUT2D eigenvalue weighted by Gasteiger charge is -2.32. The van der Waals surface area contributed by atoms with Gasteiger partial charge in [0.05, 0.1) is 12.3 Å². The van der Waals surface area contributed by atoms with Gasteiger partial charge in [-0.2, -0.15) is 0 Å². The van der Waals surface area contributed by atoms with Crippen LogP contribution in [0, 0.1) is 5.92 Å². The number of hydrogen-bond donors (Lipinski definition) is 1. The molecule has 144 valence electrons. The maximum absolute atomic E-state index is 11.8. The molecule has 1 aliphatic carbocycles. The molecule has 1 aromatic carbocycles. The molecule has 3 unspecified atom stereocenters. The third kappa shape index (κ3) is 3.87. The molecule has 2 heterocycles. The van der Waals surface area contributed by atoms with E-state index in [0.29, 0.717) is 25.1 Å². The van der Waals surface area contributed by atoms with Crippen molar-refractivity contribution < 1.29 is 14.6 Å². The van der Waals surface area contributed by atoms with Crippen molar-refractivity contribution >= 4 is 17.3 Å². The molecule has 2 aromatic rings. The standard InChI is InChI=1S/C21H26N2O3S/c1-2-26-17-9-7-14(8-10-17)20-22-16(13-27-20)12-23-18-6-4-3-5-15(18)11-19(23)21(24)25/h7-10,13,15,18-19H,2-6,11-12H2,1H3,(H,24,25). The third-order valence-electron chi connectivity index (χ3n) is 5.81. The minimum Gasteiger partial charge on any atom is -0.494 e. The predicted octanol–water partition coefficient (Wildman–Crippen LogP) is 4.43. The van der Waals surface area contributed by atoms with Gasteiger partial charge in [-0.25, -0.2) is 4.98 Å². The fourth-order valence-corrected chi connectivity index (χ4v) is 5.40. The van der Waals surface area contributed by atoms with Crippen LogP contribution in [0.4, 0.5) is 0 Å². The molecule has 2 fully saturated rings. The predicted molar refractivity (Wildman–Crippen MR) is 106 cm³/mol. The van der Waals surface area contributed by atoms with Crippen molar-refractivity contribution in [1.29, 1.82) is 0 Å². The SMILES string of the molecule is CCOc1ccc(-c2nc(CN3C(C(=O)O)CC4CCCCC43)cs2)cc1. The Kier molecular flexibility index (Phi) is 5.45. The number of nitrogens with zero attached hydrogens (tertiary/aromatic N) is 2. The molecule has 0 bridgehead atoms. The summed E-state index contributed by atoms with van der Waals surface area (Å²) in [5.41, 5.74) is 2.04. The summed E-state index contributed by atoms with van der Waals surface area (Å²) in [6, 6.07) is 8.02. The monoisotopic (exact) mass is 386 g/mol. The zero-order valence-electron chi connectivity index (χ0n) is 15.6. The normalized spacial score (nSPS) is 25.3. The van der Waals surface area contributed by atoms with Crippen molar-refractivity contribution in [1.82, 2.24) is 9.88 Å². The summed E-state index contributed by atoms with van der Waals surface area (Å²) in [7, 11) is 0. The number of benzene rings is 1. The van der Waals surface area contributed by atoms with Crippen LogP contribution in [0.3, 0.4) is 0 Å². The van der Waals surface area contributed by atoms with E-state index in [4.69, 9.17) is 9.72 Å². The average molecular weight is 387 g/mol. The smallest absolute Gasteiger partial charge is 0.320 e. The summed E-state index contributed by atoms with van der Waals surface area (Å²) in [6.07, 6.45) is 5.51. The Morgan fingerprint density at radius 1 is 1.30 bits per heavy atom. The number of likely N-dealkylation sites (tertiary alicyclic amines) is 1. The molecule has 1 N–H and O–H groups in total. The lowest BCUT2D eigenvalue weighted by molar-refractivity contribution is -0.142. The highest BCUT2D eigenvalue weighted by Crippen LogP contribution is 2.40. The second-order valence-corrected chi connectivity index (χ2v) is 8.33. The Labute approximate surface area is 164 Å². The summed E-state index contributed by atoms with van der Waals surface area (Å²) in [6.45, 7) is 3.26. The largest absolute Gasteiger partial charge is 0.494 e. The first-order valence-electron chi connectivity index (χ1n) is 9.82. The van der Waals surface area contributed by atoms with E-state index in [1.165, 1.54) is 19.3 Å². The van der Waals surface area contributed by atoms with Crippen LogP contribution in [0.2, 0.25) is 0 Å². The van der Waals surface area contributed by atoms with Crippen molar-refractivity contribution in [2.75, 3.05) is 6.61 Å². The number of ether oxygens (including phenoxy) is 1. The zero-order valence-corrected chi connectivity index (χ0v) is 16.5. The van der Waals surface area contributed by atoms with Gasteiger partial charge in [0, 0.05) is 23.5 Å². The van der Waals surface area contributed by atoms with Gasteiger partial charge in [0.1, 0.15) is 16.8 Å². The molecule has 27 heavy (non-hydrogen) atoms. The van der Waals surface area contributed by atoms with Gasteiger partial charge >= 0.3 is 5.97 Å². The molecule has 1 saturated carbocycles. The van der Waals surface area contributed by atoms with Crippen LogP contribution in [0.15, 0.2) is 29.6 Å². The molecule has 0 radical (unpaired) electrons. The van der Waals surface area contributed by atoms with Crippen LogP contribution in [-0.2, 0) is 11.3 Å². The highest BCUT2D eigenvalue weighted by Gasteiger charge is 2.45. The van der Waals surface area contributed by atoms with Crippen LogP contribution in [0.1, 0.15) is 44.7 Å². The summed E-state index contributed by atoms with van der Waals surface area (Å²) < 4.78 is 5.50. The van der Waals surface area contributed by atoms with Gasteiger partial charge < -0.3 is 9.84 Å². The van der Waals surface area contributed by atoms with Gasteiger partial charge in [0.2, 0.25) is 0 Å². The van der Waals surface area contributed by atoms with Crippen molar-refractivity contribution in [2.24, 2.45) is 5.92 Å². The van der Waals surface area contributed by atoms with Gasteiger partial charge in [0.15, 0.2) is 0 Å². The van der Waals surface area contributed by atoms with E-state index in [9.17, 15) is 9.90 Å². The van der Waals surface area contributed by atoms with Crippen LogP contribution >= 0.6 is 11.3 Å². The highest BCUT2D eigenvalue weighted by atomic mass is 32.1. The summed E-state index contributed by atoms with van der Waals surface area (Å²) in [5, 5.41) is 12.7. The molecule has 0 spiro atoms. The Balaban J connectivity index is 1.50. The number of aromatic nitrogens is 1. The van der Waals surface area contributed by atoms with Crippen LogP contribution in [0.25, 0.3) is 10.6 Å². The lowest BCUT2D eigenvalue weighted by atomic mass is 9.85. The first-order chi connectivity index (χ1) is 13.2. The fourth-order valence-electron chi connectivity index (χ4n) is 4.58. The van der Waals surface area contributed by atoms with E-state index >= 15 is 0 Å². The second kappa shape index (κ2) is 7.98. The molecule has 3 atom stereocenters. The van der Waals surface area contributed by atoms with Crippen LogP contribution < -0.4 is 4.74 Å². The molecule has 1 saturated heterocycles. The van der Waals surface area contributed by atoms with E-state index in [2.05, 4.69) is 10.3 Å². The average Bonchev–Trinajstić information content (AvgIpc) is 3.28. The van der Waals surface area contributed by atoms with Crippen molar-refractivity contribution in [3.05, 3.63) is 35.3 Å². The summed E-state index contributed by atoms with van der Waals surface area (Å²) >= 11 is 1.62. The minimum atomic E-state index is -0.689. The molecule has 1 aromatic heterocycles. The Hall–Kier alpha value is -1.92. The van der Waals surface area contributed by atoms with Gasteiger partial charge in [-0.3, -0.25) is 9.69 Å². The Morgan fingerprint density at radius 3 is 2.81 bits per heavy atom. The quantitative estimate of drug-likeness (QED) is 0.796. The molecule has 1 aliphatic heterocycles. The first kappa shape index (κ1) is 18.4. The van der Waals surface area contributed by atoms with Crippen LogP contribution in [-0.4, -0.2) is 39.7 Å². The number of hydrogen-bond acceptors (Lipinski definition) is 5. The van der Waals surface area contributed by atoms with Crippen LogP contribution in [0.5, 0.6) is 5.75 Å². The summed E-state index contributed by atoms with van der Waals surface area (Å²) in [4.78, 5) is 18.8. The maximum Gasteiger partial charge on any atom is 0.320 e. The van der Waals surface area contributed by atoms with E-state index in [-0.39, 0.29) is 6.04 Å². The third-order valence-corrected chi connectivity index (χ3v) is 6.76. The van der Waals surface area contributed by atoms with Gasteiger partial charge in [-0.15, -0.1) is 11.3 Å². The van der Waals surface area contributed by atoms with Crippen molar-refractivity contribution in [3.8, 4) is 16.3 Å². The number of rotatable bonds is 6. The Bertz CT molecular complexity index is 789. The Morgan fingerprint density at radius 2 is 2.07 bits per heavy atom. The minimum absolute atomic E-state index is 0.367. The molecule has 2 aliphatic rings. The number of carboxylic acids is 1. The lowest BCUT2D eigenvalue weighted by Crippen LogP contribution is -2.41. The number of carboxylic acid groups (broad SMARTS) is 1. The molecule has 5 nitrogen and oxygen atoms in total. The second-order valence-electron chi connectivity index (χ2n) is 7.48. The number of fused-ring (bicyclic) bond motifs is 1. The highest BCUT2D eigenvalue weighted by molar-refractivity contribution is 7.13. The van der Waals surface area contributed by atoms with Gasteiger partial charge in [0.25, 0.3) is 0 Å². The number of aliphatic carboxylic acids is 1. The van der Waals surface area contributed by atoms with Crippen molar-refractivity contribution in [2.45, 2.75) is 57.7 Å². The van der Waals surface area contributed by atoms with E-state index < -0.39 is 5.97 Å². The molecule has 4 rings (SSSR count). The maximum atomic E-state index is 11.8. The zero-order chi connectivity index (χ0) is 18.8. The number of carbonyl (C=O) groups is 1. The molecular formula is C21H26N2O3S. The van der Waals surface area contributed by atoms with Gasteiger partial charge in [-0.1, -0.05) is 12.8 Å². The summed E-state index contributed by atoms with van der Waals surface area (Å²) in [5.74, 6) is 0.707. The molecule has 0 amide bonds. The molecular weight excluding hydrogens is 360 g/mol. The first-order valence-corrected chi connectivity index (χ1v) is 10.7.